The summed E-state index contributed by atoms with van der Waals surface area (Å²) < 4.78 is 21.1. The summed E-state index contributed by atoms with van der Waals surface area (Å²) in [5.74, 6) is -2.68. The highest BCUT2D eigenvalue weighted by molar-refractivity contribution is 5.86. The Balaban J connectivity index is 2.42. The second-order valence-corrected chi connectivity index (χ2v) is 7.42. The Morgan fingerprint density at radius 2 is 1.58 bits per heavy atom. The van der Waals surface area contributed by atoms with Gasteiger partial charge in [0.1, 0.15) is 6.10 Å². The number of carbonyl (C=O) groups excluding carboxylic acids is 4. The van der Waals surface area contributed by atoms with Crippen LogP contribution in [0.15, 0.2) is 42.0 Å². The summed E-state index contributed by atoms with van der Waals surface area (Å²) in [6.45, 7) is 3.64. The van der Waals surface area contributed by atoms with E-state index in [1.807, 2.05) is 30.3 Å². The van der Waals surface area contributed by atoms with Crippen molar-refractivity contribution in [3.8, 4) is 0 Å². The molecular weight excluding hydrogens is 404 g/mol. The van der Waals surface area contributed by atoms with Crippen LogP contribution in [0.5, 0.6) is 0 Å². The van der Waals surface area contributed by atoms with E-state index < -0.39 is 41.7 Å². The van der Waals surface area contributed by atoms with E-state index in [4.69, 9.17) is 18.9 Å². The van der Waals surface area contributed by atoms with Crippen LogP contribution in [-0.4, -0.2) is 48.8 Å². The molecule has 2 rings (SSSR count). The van der Waals surface area contributed by atoms with Gasteiger partial charge >= 0.3 is 23.9 Å². The zero-order valence-electron chi connectivity index (χ0n) is 18.2. The number of methoxy groups -OCH3 is 1. The highest BCUT2D eigenvalue weighted by Gasteiger charge is 2.51. The zero-order valence-corrected chi connectivity index (χ0v) is 18.2. The van der Waals surface area contributed by atoms with Crippen LogP contribution in [0, 0.1) is 0 Å². The Morgan fingerprint density at radius 3 is 2.13 bits per heavy atom. The number of carbonyl (C=O) groups is 4. The van der Waals surface area contributed by atoms with Gasteiger partial charge in [-0.05, 0) is 36.5 Å². The molecule has 0 spiro atoms. The van der Waals surface area contributed by atoms with E-state index in [1.54, 1.807) is 0 Å². The molecule has 1 aromatic carbocycles. The molecule has 0 saturated carbocycles. The number of hydrogen-bond donors (Lipinski definition) is 0. The fourth-order valence-corrected chi connectivity index (χ4v) is 3.77. The van der Waals surface area contributed by atoms with Gasteiger partial charge in [-0.2, -0.15) is 0 Å². The summed E-state index contributed by atoms with van der Waals surface area (Å²) in [6, 6.07) is 9.81. The molecule has 0 aromatic heterocycles. The van der Waals surface area contributed by atoms with E-state index in [9.17, 15) is 19.2 Å². The minimum atomic E-state index is -1.78. The maximum absolute atomic E-state index is 12.6. The van der Waals surface area contributed by atoms with Crippen LogP contribution >= 0.6 is 0 Å². The lowest BCUT2D eigenvalue weighted by Gasteiger charge is -2.39. The minimum absolute atomic E-state index is 0.223. The zero-order chi connectivity index (χ0) is 23.0. The van der Waals surface area contributed by atoms with Crippen molar-refractivity contribution in [2.75, 3.05) is 7.11 Å². The average Bonchev–Trinajstić information content (AvgIpc) is 2.69. The molecule has 0 heterocycles. The molecule has 3 atom stereocenters. The lowest BCUT2D eigenvalue weighted by molar-refractivity contribution is -0.186. The quantitative estimate of drug-likeness (QED) is 0.351. The molecular formula is C23H28O8. The van der Waals surface area contributed by atoms with E-state index in [1.165, 1.54) is 34.0 Å². The molecule has 1 aliphatic carbocycles. The smallest absolute Gasteiger partial charge is 0.354 e. The molecule has 8 heteroatoms. The van der Waals surface area contributed by atoms with Gasteiger partial charge in [0.15, 0.2) is 6.10 Å². The van der Waals surface area contributed by atoms with E-state index in [2.05, 4.69) is 0 Å². The first-order chi connectivity index (χ1) is 14.7. The van der Waals surface area contributed by atoms with E-state index in [-0.39, 0.29) is 6.42 Å². The van der Waals surface area contributed by atoms with Gasteiger partial charge in [-0.15, -0.1) is 0 Å². The van der Waals surface area contributed by atoms with Crippen molar-refractivity contribution < 1.29 is 38.1 Å². The molecule has 1 aromatic rings. The Bertz CT molecular complexity index is 844. The molecule has 0 amide bonds. The summed E-state index contributed by atoms with van der Waals surface area (Å²) in [6.07, 6.45) is 1.16. The van der Waals surface area contributed by atoms with Gasteiger partial charge in [0, 0.05) is 27.2 Å². The van der Waals surface area contributed by atoms with Crippen molar-refractivity contribution in [2.24, 2.45) is 0 Å². The molecule has 0 saturated heterocycles. The Kier molecular flexibility index (Phi) is 8.36. The number of hydrogen-bond acceptors (Lipinski definition) is 8. The lowest BCUT2D eigenvalue weighted by Crippen LogP contribution is -2.53. The van der Waals surface area contributed by atoms with Crippen molar-refractivity contribution >= 4 is 23.9 Å². The number of rotatable bonds is 8. The van der Waals surface area contributed by atoms with Crippen molar-refractivity contribution in [2.45, 2.75) is 64.3 Å². The van der Waals surface area contributed by atoms with Crippen LogP contribution in [0.4, 0.5) is 0 Å². The summed E-state index contributed by atoms with van der Waals surface area (Å²) in [5.41, 5.74) is -0.131. The third-order valence-corrected chi connectivity index (χ3v) is 4.87. The SMILES string of the molecule is COC(=O)C1(OC(C)=O)C=C(CCCc2ccccc2)C(OC(C)=O)C(OC(C)=O)C1. The number of aryl methyl sites for hydroxylation is 1. The summed E-state index contributed by atoms with van der Waals surface area (Å²) >= 11 is 0. The van der Waals surface area contributed by atoms with Gasteiger partial charge in [-0.3, -0.25) is 14.4 Å². The topological polar surface area (TPSA) is 105 Å². The van der Waals surface area contributed by atoms with Gasteiger partial charge in [0.25, 0.3) is 0 Å². The number of ether oxygens (including phenoxy) is 4. The summed E-state index contributed by atoms with van der Waals surface area (Å²) in [7, 11) is 1.18. The maximum Gasteiger partial charge on any atom is 0.354 e. The molecule has 0 fully saturated rings. The fraction of sp³-hybridized carbons (Fsp3) is 0.478. The van der Waals surface area contributed by atoms with Crippen molar-refractivity contribution in [1.82, 2.24) is 0 Å². The Hall–Kier alpha value is -3.16. The number of esters is 4. The molecule has 0 aliphatic heterocycles. The van der Waals surface area contributed by atoms with Crippen LogP contribution < -0.4 is 0 Å². The first-order valence-electron chi connectivity index (χ1n) is 10.0. The molecule has 8 nitrogen and oxygen atoms in total. The standard InChI is InChI=1S/C23H28O8/c1-15(24)29-20-14-23(22(27)28-4,31-17(3)26)13-19(21(20)30-16(2)25)12-8-11-18-9-6-5-7-10-18/h5-7,9-10,13,20-21H,8,11-12,14H2,1-4H3. The van der Waals surface area contributed by atoms with Crippen molar-refractivity contribution in [3.05, 3.63) is 47.5 Å². The Labute approximate surface area is 181 Å². The largest absolute Gasteiger partial charge is 0.466 e. The van der Waals surface area contributed by atoms with Crippen molar-refractivity contribution in [3.63, 3.8) is 0 Å². The monoisotopic (exact) mass is 432 g/mol. The van der Waals surface area contributed by atoms with Crippen LogP contribution in [0.1, 0.15) is 45.6 Å². The second-order valence-electron chi connectivity index (χ2n) is 7.42. The summed E-state index contributed by atoms with van der Waals surface area (Å²) in [4.78, 5) is 47.9. The lowest BCUT2D eigenvalue weighted by atomic mass is 9.80. The van der Waals surface area contributed by atoms with Gasteiger partial charge in [-0.1, -0.05) is 30.3 Å². The molecule has 1 aliphatic rings. The van der Waals surface area contributed by atoms with Gasteiger partial charge in [0.2, 0.25) is 5.60 Å². The third kappa shape index (κ3) is 6.67. The van der Waals surface area contributed by atoms with Crippen LogP contribution in [0.25, 0.3) is 0 Å². The highest BCUT2D eigenvalue weighted by atomic mass is 16.6. The first-order valence-corrected chi connectivity index (χ1v) is 10.0. The van der Waals surface area contributed by atoms with Crippen LogP contribution in [0.2, 0.25) is 0 Å². The predicted molar refractivity (Wildman–Crippen MR) is 110 cm³/mol. The van der Waals surface area contributed by atoms with Gasteiger partial charge in [0.05, 0.1) is 7.11 Å². The second kappa shape index (κ2) is 10.7. The van der Waals surface area contributed by atoms with Crippen LogP contribution in [0.3, 0.4) is 0 Å². The minimum Gasteiger partial charge on any atom is -0.466 e. The number of benzene rings is 1. The van der Waals surface area contributed by atoms with E-state index >= 15 is 0 Å². The molecule has 3 unspecified atom stereocenters. The molecule has 0 N–H and O–H groups in total. The third-order valence-electron chi connectivity index (χ3n) is 4.87. The van der Waals surface area contributed by atoms with Gasteiger partial charge in [-0.25, -0.2) is 4.79 Å². The molecule has 0 bridgehead atoms. The highest BCUT2D eigenvalue weighted by Crippen LogP contribution is 2.37. The van der Waals surface area contributed by atoms with Crippen molar-refractivity contribution in [1.29, 1.82) is 0 Å². The van der Waals surface area contributed by atoms with E-state index in [0.717, 1.165) is 12.0 Å². The molecule has 168 valence electrons. The fourth-order valence-electron chi connectivity index (χ4n) is 3.77. The normalized spacial score (nSPS) is 22.6. The van der Waals surface area contributed by atoms with E-state index in [0.29, 0.717) is 18.4 Å². The predicted octanol–water partition coefficient (Wildman–Crippen LogP) is 2.68. The Morgan fingerprint density at radius 1 is 0.935 bits per heavy atom. The van der Waals surface area contributed by atoms with Crippen LogP contribution in [-0.2, 0) is 44.5 Å². The maximum atomic E-state index is 12.6. The first kappa shape index (κ1) is 24.1. The molecule has 0 radical (unpaired) electrons. The van der Waals surface area contributed by atoms with Gasteiger partial charge < -0.3 is 18.9 Å². The summed E-state index contributed by atoms with van der Waals surface area (Å²) in [5, 5.41) is 0. The molecule has 31 heavy (non-hydrogen) atoms. The average molecular weight is 432 g/mol.